The van der Waals surface area contributed by atoms with Crippen molar-refractivity contribution in [2.45, 2.75) is 52.4 Å². The molecule has 0 radical (unpaired) electrons. The molecule has 0 aromatic carbocycles. The number of pyridine rings is 4. The maximum absolute atomic E-state index is 4.72. The van der Waals surface area contributed by atoms with Crippen LogP contribution in [0.4, 0.5) is 0 Å². The second-order valence-electron chi connectivity index (χ2n) is 12.3. The lowest BCUT2D eigenvalue weighted by atomic mass is 9.91. The SMILES string of the molecule is CC(C)(C)c1cc(-c2ccccn2)nc(-c2cccnc2)n1.CC(C)(C)c1cc(-c2cccnc2)nc(-c2ccccn2)n1. The Morgan fingerprint density at radius 1 is 0.432 bits per heavy atom. The summed E-state index contributed by atoms with van der Waals surface area (Å²) in [5.41, 5.74) is 7.06. The molecule has 0 aliphatic heterocycles. The highest BCUT2D eigenvalue weighted by Gasteiger charge is 2.20. The molecular weight excluding hydrogens is 544 g/mol. The fourth-order valence-electron chi connectivity index (χ4n) is 4.20. The molecule has 0 amide bonds. The van der Waals surface area contributed by atoms with Crippen molar-refractivity contribution in [3.8, 4) is 45.6 Å². The van der Waals surface area contributed by atoms with Crippen LogP contribution in [0.25, 0.3) is 45.6 Å². The summed E-state index contributed by atoms with van der Waals surface area (Å²) in [6.45, 7) is 12.9. The Bertz CT molecular complexity index is 1550. The molecule has 0 saturated heterocycles. The van der Waals surface area contributed by atoms with Crippen LogP contribution in [0.2, 0.25) is 0 Å². The first-order valence-electron chi connectivity index (χ1n) is 14.5. The van der Waals surface area contributed by atoms with Crippen molar-refractivity contribution in [2.75, 3.05) is 0 Å². The lowest BCUT2D eigenvalue weighted by molar-refractivity contribution is 0.568. The third-order valence-corrected chi connectivity index (χ3v) is 6.69. The van der Waals surface area contributed by atoms with Gasteiger partial charge in [0.2, 0.25) is 0 Å². The molecule has 6 aromatic heterocycles. The van der Waals surface area contributed by atoms with Gasteiger partial charge in [0.25, 0.3) is 0 Å². The summed E-state index contributed by atoms with van der Waals surface area (Å²) < 4.78 is 0. The molecule has 0 saturated carbocycles. The predicted molar refractivity (Wildman–Crippen MR) is 174 cm³/mol. The average molecular weight is 581 g/mol. The van der Waals surface area contributed by atoms with Gasteiger partial charge in [0.05, 0.1) is 28.5 Å². The molecular formula is C36H36N8. The summed E-state index contributed by atoms with van der Waals surface area (Å²) in [7, 11) is 0. The summed E-state index contributed by atoms with van der Waals surface area (Å²) >= 11 is 0. The monoisotopic (exact) mass is 580 g/mol. The van der Waals surface area contributed by atoms with Gasteiger partial charge < -0.3 is 0 Å². The highest BCUT2D eigenvalue weighted by atomic mass is 14.9. The molecule has 220 valence electrons. The molecule has 8 heteroatoms. The van der Waals surface area contributed by atoms with Crippen molar-refractivity contribution >= 4 is 0 Å². The summed E-state index contributed by atoms with van der Waals surface area (Å²) in [6.07, 6.45) is 10.6. The third-order valence-electron chi connectivity index (χ3n) is 6.69. The van der Waals surface area contributed by atoms with Crippen molar-refractivity contribution in [1.29, 1.82) is 0 Å². The van der Waals surface area contributed by atoms with Crippen LogP contribution in [0, 0.1) is 0 Å². The predicted octanol–water partition coefficient (Wildman–Crippen LogP) is 7.80. The standard InChI is InChI=1S/2C18H18N4/c1-18(2,3)16-11-15(14-8-4-5-10-20-14)21-17(22-16)13-7-6-9-19-12-13;1-18(2,3)16-11-15(13-7-6-9-19-12-13)21-17(22-16)14-8-4-5-10-20-14/h2*4-12H,1-3H3. The molecule has 0 aliphatic rings. The van der Waals surface area contributed by atoms with Gasteiger partial charge in [0.15, 0.2) is 11.6 Å². The number of rotatable bonds is 4. The lowest BCUT2D eigenvalue weighted by Crippen LogP contribution is -2.15. The molecule has 0 fully saturated rings. The summed E-state index contributed by atoms with van der Waals surface area (Å²) in [6, 6.07) is 23.4. The van der Waals surface area contributed by atoms with E-state index in [-0.39, 0.29) is 10.8 Å². The first-order chi connectivity index (χ1) is 21.1. The second kappa shape index (κ2) is 13.0. The van der Waals surface area contributed by atoms with E-state index >= 15 is 0 Å². The van der Waals surface area contributed by atoms with Crippen molar-refractivity contribution < 1.29 is 0 Å². The minimum Gasteiger partial charge on any atom is -0.264 e. The molecule has 6 aromatic rings. The molecule has 0 aliphatic carbocycles. The maximum Gasteiger partial charge on any atom is 0.178 e. The van der Waals surface area contributed by atoms with Gasteiger partial charge in [-0.3, -0.25) is 19.9 Å². The minimum atomic E-state index is -0.0660. The van der Waals surface area contributed by atoms with Gasteiger partial charge in [-0.15, -0.1) is 0 Å². The van der Waals surface area contributed by atoms with Crippen LogP contribution in [0.1, 0.15) is 52.9 Å². The van der Waals surface area contributed by atoms with E-state index < -0.39 is 0 Å². The zero-order chi connectivity index (χ0) is 31.2. The number of aromatic nitrogens is 8. The molecule has 0 unspecified atom stereocenters. The number of hydrogen-bond acceptors (Lipinski definition) is 8. The van der Waals surface area contributed by atoms with Crippen molar-refractivity contribution in [3.05, 3.63) is 121 Å². The van der Waals surface area contributed by atoms with E-state index in [1.807, 2.05) is 79.0 Å². The first kappa shape index (κ1) is 30.2. The van der Waals surface area contributed by atoms with Crippen LogP contribution in [-0.4, -0.2) is 39.9 Å². The summed E-state index contributed by atoms with van der Waals surface area (Å²) in [5.74, 6) is 1.33. The third kappa shape index (κ3) is 7.58. The van der Waals surface area contributed by atoms with Gasteiger partial charge in [-0.2, -0.15) is 0 Å². The molecule has 6 heterocycles. The van der Waals surface area contributed by atoms with Gasteiger partial charge in [0, 0.05) is 59.1 Å². The van der Waals surface area contributed by atoms with Gasteiger partial charge in [0.1, 0.15) is 5.69 Å². The first-order valence-corrected chi connectivity index (χ1v) is 14.5. The zero-order valence-corrected chi connectivity index (χ0v) is 26.0. The van der Waals surface area contributed by atoms with Gasteiger partial charge >= 0.3 is 0 Å². The normalized spacial score (nSPS) is 11.4. The molecule has 6 rings (SSSR count). The molecule has 0 bridgehead atoms. The number of hydrogen-bond donors (Lipinski definition) is 0. The highest BCUT2D eigenvalue weighted by Crippen LogP contribution is 2.28. The van der Waals surface area contributed by atoms with Crippen molar-refractivity contribution in [1.82, 2.24) is 39.9 Å². The Morgan fingerprint density at radius 3 is 1.48 bits per heavy atom. The highest BCUT2D eigenvalue weighted by molar-refractivity contribution is 5.63. The maximum atomic E-state index is 4.72. The fourth-order valence-corrected chi connectivity index (χ4v) is 4.20. The Kier molecular flexibility index (Phi) is 8.90. The van der Waals surface area contributed by atoms with E-state index in [1.54, 1.807) is 31.0 Å². The van der Waals surface area contributed by atoms with Gasteiger partial charge in [-0.05, 0) is 60.7 Å². The van der Waals surface area contributed by atoms with Crippen LogP contribution >= 0.6 is 0 Å². The van der Waals surface area contributed by atoms with Gasteiger partial charge in [-0.1, -0.05) is 53.7 Å². The molecule has 0 N–H and O–H groups in total. The van der Waals surface area contributed by atoms with Crippen molar-refractivity contribution in [2.24, 2.45) is 0 Å². The Hall–Kier alpha value is -5.24. The molecule has 44 heavy (non-hydrogen) atoms. The van der Waals surface area contributed by atoms with Crippen molar-refractivity contribution in [3.63, 3.8) is 0 Å². The Morgan fingerprint density at radius 2 is 0.955 bits per heavy atom. The van der Waals surface area contributed by atoms with Crippen LogP contribution in [-0.2, 0) is 10.8 Å². The van der Waals surface area contributed by atoms with E-state index in [0.29, 0.717) is 11.6 Å². The Labute approximate surface area is 258 Å². The van der Waals surface area contributed by atoms with E-state index in [4.69, 9.17) is 9.97 Å². The van der Waals surface area contributed by atoms with E-state index in [1.165, 1.54) is 0 Å². The average Bonchev–Trinajstić information content (AvgIpc) is 3.05. The topological polar surface area (TPSA) is 103 Å². The lowest BCUT2D eigenvalue weighted by Gasteiger charge is -2.19. The van der Waals surface area contributed by atoms with E-state index in [9.17, 15) is 0 Å². The quantitative estimate of drug-likeness (QED) is 0.208. The van der Waals surface area contributed by atoms with E-state index in [0.717, 1.165) is 45.3 Å². The second-order valence-corrected chi connectivity index (χ2v) is 12.3. The van der Waals surface area contributed by atoms with Crippen LogP contribution < -0.4 is 0 Å². The van der Waals surface area contributed by atoms with Gasteiger partial charge in [-0.25, -0.2) is 19.9 Å². The van der Waals surface area contributed by atoms with Crippen LogP contribution in [0.5, 0.6) is 0 Å². The summed E-state index contributed by atoms with van der Waals surface area (Å²) in [4.78, 5) is 35.9. The molecule has 8 nitrogen and oxygen atoms in total. The number of nitrogens with zero attached hydrogens (tertiary/aromatic N) is 8. The minimum absolute atomic E-state index is 0.0660. The largest absolute Gasteiger partial charge is 0.264 e. The Balaban J connectivity index is 0.000000175. The summed E-state index contributed by atoms with van der Waals surface area (Å²) in [5, 5.41) is 0. The smallest absolute Gasteiger partial charge is 0.178 e. The molecule has 0 atom stereocenters. The van der Waals surface area contributed by atoms with E-state index in [2.05, 4.69) is 71.4 Å². The fraction of sp³-hybridized carbons (Fsp3) is 0.222. The van der Waals surface area contributed by atoms with Crippen LogP contribution in [0.15, 0.2) is 110 Å². The molecule has 0 spiro atoms. The zero-order valence-electron chi connectivity index (χ0n) is 26.0. The van der Waals surface area contributed by atoms with Crippen LogP contribution in [0.3, 0.4) is 0 Å².